The number of carbonyl (C=O) groups is 1. The maximum Gasteiger partial charge on any atom is 0.193 e. The summed E-state index contributed by atoms with van der Waals surface area (Å²) in [5, 5.41) is 10.3. The third-order valence-electron chi connectivity index (χ3n) is 4.04. The number of aliphatic hydroxyl groups excluding tert-OH is 1. The minimum absolute atomic E-state index is 0.111. The molecule has 0 atom stereocenters. The Balaban J connectivity index is 1.77. The maximum atomic E-state index is 12.6. The lowest BCUT2D eigenvalue weighted by Crippen LogP contribution is -2.03. The summed E-state index contributed by atoms with van der Waals surface area (Å²) in [5.74, 6) is 0.718. The monoisotopic (exact) mass is 360 g/mol. The highest BCUT2D eigenvalue weighted by Gasteiger charge is 2.12. The molecule has 136 valence electrons. The van der Waals surface area contributed by atoms with Crippen LogP contribution in [0.2, 0.25) is 0 Å². The van der Waals surface area contributed by atoms with Crippen LogP contribution in [0, 0.1) is 0 Å². The Bertz CT molecular complexity index is 928. The van der Waals surface area contributed by atoms with Crippen molar-refractivity contribution in [3.8, 4) is 11.5 Å². The van der Waals surface area contributed by atoms with Gasteiger partial charge in [-0.05, 0) is 42.0 Å². The Morgan fingerprint density at radius 1 is 0.926 bits per heavy atom. The molecule has 0 bridgehead atoms. The first kappa shape index (κ1) is 18.3. The van der Waals surface area contributed by atoms with Crippen molar-refractivity contribution in [2.45, 2.75) is 6.61 Å². The second-order valence-electron chi connectivity index (χ2n) is 5.89. The summed E-state index contributed by atoms with van der Waals surface area (Å²) in [6, 6.07) is 23.6. The topological polar surface area (TPSA) is 55.8 Å². The van der Waals surface area contributed by atoms with E-state index in [1.165, 1.54) is 6.08 Å². The highest BCUT2D eigenvalue weighted by molar-refractivity contribution is 6.09. The number of carbonyl (C=O) groups excluding carboxylic acids is 1. The summed E-state index contributed by atoms with van der Waals surface area (Å²) in [6.07, 6.45) is 1.20. The number of ketones is 1. The van der Waals surface area contributed by atoms with Crippen LogP contribution >= 0.6 is 0 Å². The molecule has 0 unspecified atom stereocenters. The van der Waals surface area contributed by atoms with E-state index in [4.69, 9.17) is 9.47 Å². The zero-order valence-corrected chi connectivity index (χ0v) is 15.0. The van der Waals surface area contributed by atoms with E-state index in [9.17, 15) is 9.90 Å². The minimum Gasteiger partial charge on any atom is -0.507 e. The first-order chi connectivity index (χ1) is 13.2. The van der Waals surface area contributed by atoms with Crippen molar-refractivity contribution in [1.82, 2.24) is 0 Å². The van der Waals surface area contributed by atoms with Crippen LogP contribution in [0.15, 0.2) is 84.9 Å². The van der Waals surface area contributed by atoms with Gasteiger partial charge in [-0.3, -0.25) is 4.79 Å². The summed E-state index contributed by atoms with van der Waals surface area (Å²) in [4.78, 5) is 12.6. The molecule has 0 heterocycles. The molecule has 0 aromatic heterocycles. The fraction of sp³-hybridized carbons (Fsp3) is 0.0870. The molecule has 0 saturated heterocycles. The van der Waals surface area contributed by atoms with Gasteiger partial charge in [-0.1, -0.05) is 42.5 Å². The molecular weight excluding hydrogens is 340 g/mol. The van der Waals surface area contributed by atoms with Crippen LogP contribution in [0.1, 0.15) is 21.5 Å². The lowest BCUT2D eigenvalue weighted by molar-refractivity contribution is 0.104. The molecule has 0 radical (unpaired) electrons. The van der Waals surface area contributed by atoms with Crippen LogP contribution in [0.3, 0.4) is 0 Å². The zero-order chi connectivity index (χ0) is 19.1. The molecule has 0 fully saturated rings. The lowest BCUT2D eigenvalue weighted by Gasteiger charge is -2.10. The molecule has 27 heavy (non-hydrogen) atoms. The van der Waals surface area contributed by atoms with Gasteiger partial charge in [0.15, 0.2) is 5.78 Å². The fourth-order valence-electron chi connectivity index (χ4n) is 2.58. The van der Waals surface area contributed by atoms with Crippen LogP contribution in [0.25, 0.3) is 5.76 Å². The van der Waals surface area contributed by atoms with Gasteiger partial charge in [-0.25, -0.2) is 0 Å². The number of aliphatic hydroxyl groups is 1. The van der Waals surface area contributed by atoms with Gasteiger partial charge in [0.05, 0.1) is 12.7 Å². The predicted octanol–water partition coefficient (Wildman–Crippen LogP) is 5.06. The molecule has 0 aliphatic rings. The third kappa shape index (κ3) is 4.76. The Hall–Kier alpha value is -3.53. The van der Waals surface area contributed by atoms with Gasteiger partial charge in [0.1, 0.15) is 23.9 Å². The SMILES string of the molecule is COc1ccc(C(O)=CC(=O)c2ccccc2OCc2ccccc2)cc1. The molecule has 0 aliphatic heterocycles. The fourth-order valence-corrected chi connectivity index (χ4v) is 2.58. The highest BCUT2D eigenvalue weighted by atomic mass is 16.5. The summed E-state index contributed by atoms with van der Waals surface area (Å²) in [5.41, 5.74) is 1.94. The molecule has 3 aromatic carbocycles. The number of rotatable bonds is 7. The standard InChI is InChI=1S/C23H20O4/c1-26-19-13-11-18(12-14-19)21(24)15-22(25)20-9-5-6-10-23(20)27-16-17-7-3-2-4-8-17/h2-15,24H,16H2,1H3. The van der Waals surface area contributed by atoms with E-state index < -0.39 is 0 Å². The third-order valence-corrected chi connectivity index (χ3v) is 4.04. The van der Waals surface area contributed by atoms with Crippen molar-refractivity contribution in [3.63, 3.8) is 0 Å². The van der Waals surface area contributed by atoms with Crippen molar-refractivity contribution in [2.75, 3.05) is 7.11 Å². The van der Waals surface area contributed by atoms with E-state index in [1.54, 1.807) is 49.6 Å². The number of ether oxygens (including phenoxy) is 2. The molecule has 3 aromatic rings. The molecule has 0 aliphatic carbocycles. The van der Waals surface area contributed by atoms with E-state index in [0.29, 0.717) is 29.2 Å². The van der Waals surface area contributed by atoms with Gasteiger partial charge in [0.25, 0.3) is 0 Å². The number of hydrogen-bond acceptors (Lipinski definition) is 4. The van der Waals surface area contributed by atoms with Crippen molar-refractivity contribution in [1.29, 1.82) is 0 Å². The maximum absolute atomic E-state index is 12.6. The van der Waals surface area contributed by atoms with Gasteiger partial charge in [0.2, 0.25) is 0 Å². The molecule has 4 nitrogen and oxygen atoms in total. The van der Waals surface area contributed by atoms with Crippen LogP contribution in [0.4, 0.5) is 0 Å². The van der Waals surface area contributed by atoms with Gasteiger partial charge in [0, 0.05) is 11.6 Å². The largest absolute Gasteiger partial charge is 0.507 e. The Morgan fingerprint density at radius 2 is 1.59 bits per heavy atom. The van der Waals surface area contributed by atoms with Gasteiger partial charge < -0.3 is 14.6 Å². The summed E-state index contributed by atoms with van der Waals surface area (Å²) in [6.45, 7) is 0.360. The quantitative estimate of drug-likeness (QED) is 0.364. The van der Waals surface area contributed by atoms with E-state index >= 15 is 0 Å². The van der Waals surface area contributed by atoms with Crippen molar-refractivity contribution >= 4 is 11.5 Å². The first-order valence-corrected chi connectivity index (χ1v) is 8.52. The average molecular weight is 360 g/mol. The van der Waals surface area contributed by atoms with Gasteiger partial charge >= 0.3 is 0 Å². The zero-order valence-electron chi connectivity index (χ0n) is 15.0. The van der Waals surface area contributed by atoms with Crippen molar-refractivity contribution in [2.24, 2.45) is 0 Å². The molecule has 0 amide bonds. The number of methoxy groups -OCH3 is 1. The molecular formula is C23H20O4. The Kier molecular flexibility index (Phi) is 5.90. The second-order valence-corrected chi connectivity index (χ2v) is 5.89. The summed E-state index contributed by atoms with van der Waals surface area (Å²) in [7, 11) is 1.57. The van der Waals surface area contributed by atoms with Crippen molar-refractivity contribution in [3.05, 3.63) is 102 Å². The van der Waals surface area contributed by atoms with E-state index in [-0.39, 0.29) is 11.5 Å². The molecule has 0 saturated carbocycles. The van der Waals surface area contributed by atoms with Crippen LogP contribution < -0.4 is 9.47 Å². The summed E-state index contributed by atoms with van der Waals surface area (Å²) < 4.78 is 10.9. The lowest BCUT2D eigenvalue weighted by atomic mass is 10.1. The minimum atomic E-state index is -0.327. The van der Waals surface area contributed by atoms with E-state index in [1.807, 2.05) is 36.4 Å². The smallest absolute Gasteiger partial charge is 0.193 e. The molecule has 0 spiro atoms. The van der Waals surface area contributed by atoms with E-state index in [0.717, 1.165) is 5.56 Å². The van der Waals surface area contributed by atoms with E-state index in [2.05, 4.69) is 0 Å². The number of para-hydroxylation sites is 1. The van der Waals surface area contributed by atoms with Gasteiger partial charge in [-0.15, -0.1) is 0 Å². The molecule has 1 N–H and O–H groups in total. The van der Waals surface area contributed by atoms with Gasteiger partial charge in [-0.2, -0.15) is 0 Å². The van der Waals surface area contributed by atoms with Crippen molar-refractivity contribution < 1.29 is 19.4 Å². The predicted molar refractivity (Wildman–Crippen MR) is 105 cm³/mol. The van der Waals surface area contributed by atoms with Crippen LogP contribution in [0.5, 0.6) is 11.5 Å². The summed E-state index contributed by atoms with van der Waals surface area (Å²) >= 11 is 0. The Labute approximate surface area is 158 Å². The molecule has 3 rings (SSSR count). The average Bonchev–Trinajstić information content (AvgIpc) is 2.73. The normalized spacial score (nSPS) is 11.1. The van der Waals surface area contributed by atoms with Crippen LogP contribution in [-0.4, -0.2) is 18.0 Å². The number of benzene rings is 3. The first-order valence-electron chi connectivity index (χ1n) is 8.52. The number of hydrogen-bond donors (Lipinski definition) is 1. The Morgan fingerprint density at radius 3 is 2.30 bits per heavy atom. The second kappa shape index (κ2) is 8.72. The molecule has 4 heteroatoms. The number of allylic oxidation sites excluding steroid dienone is 1. The van der Waals surface area contributed by atoms with Crippen LogP contribution in [-0.2, 0) is 6.61 Å². The highest BCUT2D eigenvalue weighted by Crippen LogP contribution is 2.23.